The first kappa shape index (κ1) is 16.5. The molecule has 0 atom stereocenters. The van der Waals surface area contributed by atoms with Crippen LogP contribution < -0.4 is 0 Å². The van der Waals surface area contributed by atoms with Crippen LogP contribution >= 0.6 is 0 Å². The molecule has 1 amide bonds. The summed E-state index contributed by atoms with van der Waals surface area (Å²) in [5.74, 6) is 0.594. The lowest BCUT2D eigenvalue weighted by atomic mass is 9.98. The zero-order valence-corrected chi connectivity index (χ0v) is 14.4. The average molecular weight is 336 g/mol. The maximum Gasteiger partial charge on any atom is 0.253 e. The van der Waals surface area contributed by atoms with Gasteiger partial charge in [0.15, 0.2) is 0 Å². The van der Waals surface area contributed by atoms with Crippen molar-refractivity contribution in [2.45, 2.75) is 37.5 Å². The van der Waals surface area contributed by atoms with E-state index in [0.29, 0.717) is 24.6 Å². The van der Waals surface area contributed by atoms with Gasteiger partial charge in [-0.2, -0.15) is 4.31 Å². The zero-order chi connectivity index (χ0) is 16.4. The van der Waals surface area contributed by atoms with Crippen LogP contribution in [0.1, 0.15) is 43.0 Å². The topological polar surface area (TPSA) is 57.7 Å². The van der Waals surface area contributed by atoms with Crippen LogP contribution in [0.3, 0.4) is 0 Å². The minimum absolute atomic E-state index is 0.0598. The summed E-state index contributed by atoms with van der Waals surface area (Å²) in [6, 6.07) is 6.50. The van der Waals surface area contributed by atoms with Crippen molar-refractivity contribution in [2.24, 2.45) is 5.92 Å². The monoisotopic (exact) mass is 336 g/mol. The fourth-order valence-electron chi connectivity index (χ4n) is 3.26. The first-order chi connectivity index (χ1) is 11.0. The number of likely N-dealkylation sites (tertiary alicyclic amines) is 1. The second kappa shape index (κ2) is 6.61. The Morgan fingerprint density at radius 2 is 1.74 bits per heavy atom. The summed E-state index contributed by atoms with van der Waals surface area (Å²) in [6.07, 6.45) is 3.84. The molecule has 1 aromatic carbocycles. The second-order valence-corrected chi connectivity index (χ2v) is 8.55. The van der Waals surface area contributed by atoms with Gasteiger partial charge in [-0.05, 0) is 49.8 Å². The van der Waals surface area contributed by atoms with Crippen LogP contribution in [-0.2, 0) is 10.0 Å². The van der Waals surface area contributed by atoms with E-state index >= 15 is 0 Å². The number of hydrogen-bond donors (Lipinski definition) is 0. The highest BCUT2D eigenvalue weighted by Gasteiger charge is 2.28. The summed E-state index contributed by atoms with van der Waals surface area (Å²) < 4.78 is 26.8. The summed E-state index contributed by atoms with van der Waals surface area (Å²) in [6.45, 7) is 4.85. The highest BCUT2D eigenvalue weighted by atomic mass is 32.2. The lowest BCUT2D eigenvalue weighted by Crippen LogP contribution is -2.38. The van der Waals surface area contributed by atoms with E-state index in [1.54, 1.807) is 18.2 Å². The predicted octanol–water partition coefficient (Wildman–Crippen LogP) is 2.34. The Kier molecular flexibility index (Phi) is 4.73. The third-order valence-electron chi connectivity index (χ3n) is 4.85. The molecule has 2 fully saturated rings. The normalized spacial score (nSPS) is 20.8. The molecule has 6 heteroatoms. The number of rotatable bonds is 3. The Bertz CT molecular complexity index is 673. The van der Waals surface area contributed by atoms with Gasteiger partial charge in [-0.25, -0.2) is 8.42 Å². The van der Waals surface area contributed by atoms with E-state index in [9.17, 15) is 13.2 Å². The van der Waals surface area contributed by atoms with E-state index < -0.39 is 10.0 Å². The molecule has 126 valence electrons. The first-order valence-electron chi connectivity index (χ1n) is 8.38. The number of nitrogens with zero attached hydrogens (tertiary/aromatic N) is 2. The standard InChI is InChI=1S/C17H24N2O3S/c1-14-7-11-18(12-8-14)17(20)15-5-4-6-16(13-15)23(21,22)19-9-2-3-10-19/h4-6,13-14H,2-3,7-12H2,1H3. The smallest absolute Gasteiger partial charge is 0.253 e. The Hall–Kier alpha value is -1.40. The van der Waals surface area contributed by atoms with Crippen molar-refractivity contribution in [3.63, 3.8) is 0 Å². The SMILES string of the molecule is CC1CCN(C(=O)c2cccc(S(=O)(=O)N3CCCC3)c2)CC1. The molecule has 2 aliphatic rings. The van der Waals surface area contributed by atoms with Crippen molar-refractivity contribution in [1.29, 1.82) is 0 Å². The largest absolute Gasteiger partial charge is 0.339 e. The number of hydrogen-bond acceptors (Lipinski definition) is 3. The van der Waals surface area contributed by atoms with Crippen LogP contribution in [0.15, 0.2) is 29.2 Å². The Balaban J connectivity index is 1.81. The third-order valence-corrected chi connectivity index (χ3v) is 6.75. The van der Waals surface area contributed by atoms with Gasteiger partial charge in [0.25, 0.3) is 5.91 Å². The van der Waals surface area contributed by atoms with Crippen molar-refractivity contribution < 1.29 is 13.2 Å². The summed E-state index contributed by atoms with van der Waals surface area (Å²) in [5, 5.41) is 0. The summed E-state index contributed by atoms with van der Waals surface area (Å²) in [5.41, 5.74) is 0.472. The molecular formula is C17H24N2O3S. The fourth-order valence-corrected chi connectivity index (χ4v) is 4.82. The number of amides is 1. The molecule has 0 bridgehead atoms. The molecule has 3 rings (SSSR count). The molecule has 0 spiro atoms. The fraction of sp³-hybridized carbons (Fsp3) is 0.588. The van der Waals surface area contributed by atoms with Crippen molar-refractivity contribution in [2.75, 3.05) is 26.2 Å². The van der Waals surface area contributed by atoms with Crippen LogP contribution in [0.4, 0.5) is 0 Å². The maximum atomic E-state index is 12.6. The van der Waals surface area contributed by atoms with E-state index in [1.165, 1.54) is 10.4 Å². The molecule has 0 N–H and O–H groups in total. The molecule has 2 saturated heterocycles. The van der Waals surface area contributed by atoms with Crippen LogP contribution in [0.2, 0.25) is 0 Å². The van der Waals surface area contributed by atoms with Gasteiger partial charge in [0.2, 0.25) is 10.0 Å². The van der Waals surface area contributed by atoms with E-state index in [-0.39, 0.29) is 10.8 Å². The number of carbonyl (C=O) groups excluding carboxylic acids is 1. The third kappa shape index (κ3) is 3.43. The summed E-state index contributed by atoms with van der Waals surface area (Å²) in [4.78, 5) is 14.7. The number of benzene rings is 1. The number of sulfonamides is 1. The molecule has 1 aromatic rings. The van der Waals surface area contributed by atoms with Crippen molar-refractivity contribution >= 4 is 15.9 Å². The van der Waals surface area contributed by atoms with Gasteiger partial charge < -0.3 is 4.90 Å². The molecule has 2 heterocycles. The van der Waals surface area contributed by atoms with Gasteiger partial charge in [-0.3, -0.25) is 4.79 Å². The van der Waals surface area contributed by atoms with Crippen LogP contribution in [-0.4, -0.2) is 49.7 Å². The molecule has 23 heavy (non-hydrogen) atoms. The number of piperidine rings is 1. The van der Waals surface area contributed by atoms with Gasteiger partial charge in [0, 0.05) is 31.7 Å². The second-order valence-electron chi connectivity index (χ2n) is 6.61. The van der Waals surface area contributed by atoms with Crippen LogP contribution in [0.5, 0.6) is 0 Å². The molecule has 2 aliphatic heterocycles. The van der Waals surface area contributed by atoms with Gasteiger partial charge in [0.05, 0.1) is 4.90 Å². The van der Waals surface area contributed by atoms with Gasteiger partial charge in [-0.15, -0.1) is 0 Å². The lowest BCUT2D eigenvalue weighted by Gasteiger charge is -2.30. The zero-order valence-electron chi connectivity index (χ0n) is 13.6. The molecule has 0 radical (unpaired) electrons. The molecule has 0 unspecified atom stereocenters. The average Bonchev–Trinajstić information content (AvgIpc) is 3.10. The first-order valence-corrected chi connectivity index (χ1v) is 9.82. The maximum absolute atomic E-state index is 12.6. The quantitative estimate of drug-likeness (QED) is 0.851. The minimum atomic E-state index is -3.47. The van der Waals surface area contributed by atoms with Gasteiger partial charge >= 0.3 is 0 Å². The Labute approximate surface area is 138 Å². The molecule has 0 saturated carbocycles. The van der Waals surface area contributed by atoms with E-state index in [2.05, 4.69) is 6.92 Å². The highest BCUT2D eigenvalue weighted by molar-refractivity contribution is 7.89. The van der Waals surface area contributed by atoms with Crippen molar-refractivity contribution in [3.8, 4) is 0 Å². The summed E-state index contributed by atoms with van der Waals surface area (Å²) >= 11 is 0. The summed E-state index contributed by atoms with van der Waals surface area (Å²) in [7, 11) is -3.47. The Morgan fingerprint density at radius 3 is 2.39 bits per heavy atom. The van der Waals surface area contributed by atoms with Crippen LogP contribution in [0, 0.1) is 5.92 Å². The highest BCUT2D eigenvalue weighted by Crippen LogP contribution is 2.23. The molecule has 0 aliphatic carbocycles. The van der Waals surface area contributed by atoms with E-state index in [0.717, 1.165) is 38.8 Å². The van der Waals surface area contributed by atoms with Crippen LogP contribution in [0.25, 0.3) is 0 Å². The van der Waals surface area contributed by atoms with E-state index in [1.807, 2.05) is 4.90 Å². The predicted molar refractivity (Wildman–Crippen MR) is 88.7 cm³/mol. The molecular weight excluding hydrogens is 312 g/mol. The lowest BCUT2D eigenvalue weighted by molar-refractivity contribution is 0.0697. The van der Waals surface area contributed by atoms with E-state index in [4.69, 9.17) is 0 Å². The van der Waals surface area contributed by atoms with Gasteiger partial charge in [-0.1, -0.05) is 13.0 Å². The molecule has 0 aromatic heterocycles. The Morgan fingerprint density at radius 1 is 1.09 bits per heavy atom. The molecule has 5 nitrogen and oxygen atoms in total. The van der Waals surface area contributed by atoms with Gasteiger partial charge in [0.1, 0.15) is 0 Å². The number of carbonyl (C=O) groups is 1. The van der Waals surface area contributed by atoms with Crippen molar-refractivity contribution in [3.05, 3.63) is 29.8 Å². The minimum Gasteiger partial charge on any atom is -0.339 e. The van der Waals surface area contributed by atoms with Crippen molar-refractivity contribution in [1.82, 2.24) is 9.21 Å².